The summed E-state index contributed by atoms with van der Waals surface area (Å²) in [7, 11) is 4.32. The Morgan fingerprint density at radius 3 is 2.73 bits per heavy atom. The first kappa shape index (κ1) is 21.3. The minimum absolute atomic E-state index is 0.132. The van der Waals surface area contributed by atoms with Crippen molar-refractivity contribution in [2.75, 3.05) is 65.6 Å². The molecule has 1 amide bonds. The molecule has 3 aliphatic heterocycles. The Kier molecular flexibility index (Phi) is 6.46. The van der Waals surface area contributed by atoms with Gasteiger partial charge in [-0.15, -0.1) is 0 Å². The highest BCUT2D eigenvalue weighted by Gasteiger charge is 2.46. The standard InChI is InChI=1S/C22H36N6O2/c1-25(2)19-6-12-26(16-19)10-4-11-28-17-22(30-21(28)29)7-13-27(14-8-22)15-18-5-3-9-24-20(18)23/h3,5,9,19H,4,6-8,10-17H2,1-2H3,(H2,23,24)/t19-/m1/s1. The molecule has 4 heterocycles. The zero-order valence-corrected chi connectivity index (χ0v) is 18.4. The maximum absolute atomic E-state index is 12.5. The van der Waals surface area contributed by atoms with E-state index in [2.05, 4.69) is 33.8 Å². The lowest BCUT2D eigenvalue weighted by atomic mass is 9.91. The first-order chi connectivity index (χ1) is 14.4. The highest BCUT2D eigenvalue weighted by molar-refractivity contribution is 5.70. The summed E-state index contributed by atoms with van der Waals surface area (Å²) in [4.78, 5) is 25.8. The number of nitrogens with zero attached hydrogens (tertiary/aromatic N) is 5. The molecule has 0 radical (unpaired) electrons. The van der Waals surface area contributed by atoms with Crippen LogP contribution in [0.3, 0.4) is 0 Å². The summed E-state index contributed by atoms with van der Waals surface area (Å²) in [6, 6.07) is 4.62. The first-order valence-electron chi connectivity index (χ1n) is 11.2. The average molecular weight is 417 g/mol. The Morgan fingerprint density at radius 2 is 2.03 bits per heavy atom. The molecule has 8 heteroatoms. The van der Waals surface area contributed by atoms with Crippen LogP contribution in [0.25, 0.3) is 0 Å². The van der Waals surface area contributed by atoms with E-state index in [9.17, 15) is 4.79 Å². The fourth-order valence-corrected chi connectivity index (χ4v) is 4.99. The van der Waals surface area contributed by atoms with Gasteiger partial charge in [0, 0.05) is 63.4 Å². The maximum atomic E-state index is 12.5. The molecular formula is C22H36N6O2. The van der Waals surface area contributed by atoms with Gasteiger partial charge in [0.05, 0.1) is 6.54 Å². The largest absolute Gasteiger partial charge is 0.441 e. The van der Waals surface area contributed by atoms with Gasteiger partial charge in [0.1, 0.15) is 11.4 Å². The van der Waals surface area contributed by atoms with Gasteiger partial charge >= 0.3 is 6.09 Å². The van der Waals surface area contributed by atoms with Crippen molar-refractivity contribution in [2.45, 2.75) is 43.9 Å². The van der Waals surface area contributed by atoms with Gasteiger partial charge in [-0.05, 0) is 46.1 Å². The highest BCUT2D eigenvalue weighted by Crippen LogP contribution is 2.34. The topological polar surface area (TPSA) is 78.2 Å². The third-order valence-corrected chi connectivity index (χ3v) is 7.01. The van der Waals surface area contributed by atoms with Crippen molar-refractivity contribution in [1.29, 1.82) is 0 Å². The molecule has 2 N–H and O–H groups in total. The number of hydrogen-bond donors (Lipinski definition) is 1. The molecule has 1 aromatic rings. The number of carbonyl (C=O) groups excluding carboxylic acids is 1. The Morgan fingerprint density at radius 1 is 1.23 bits per heavy atom. The molecular weight excluding hydrogens is 380 g/mol. The smallest absolute Gasteiger partial charge is 0.410 e. The molecule has 0 unspecified atom stereocenters. The van der Waals surface area contributed by atoms with E-state index in [1.54, 1.807) is 6.20 Å². The second-order valence-corrected chi connectivity index (χ2v) is 9.36. The van der Waals surface area contributed by atoms with Crippen molar-refractivity contribution in [1.82, 2.24) is 24.6 Å². The van der Waals surface area contributed by atoms with Crippen LogP contribution in [-0.2, 0) is 11.3 Å². The molecule has 0 aromatic carbocycles. The molecule has 3 saturated heterocycles. The molecule has 1 aromatic heterocycles. The number of anilines is 1. The minimum atomic E-state index is -0.308. The number of nitrogen functional groups attached to an aromatic ring is 1. The molecule has 3 fully saturated rings. The van der Waals surface area contributed by atoms with Gasteiger partial charge in [0.25, 0.3) is 0 Å². The van der Waals surface area contributed by atoms with E-state index < -0.39 is 0 Å². The van der Waals surface area contributed by atoms with Gasteiger partial charge in [0.2, 0.25) is 0 Å². The fourth-order valence-electron chi connectivity index (χ4n) is 4.99. The Hall–Kier alpha value is -1.90. The van der Waals surface area contributed by atoms with Crippen molar-refractivity contribution in [2.24, 2.45) is 0 Å². The zero-order chi connectivity index (χ0) is 21.1. The Bertz CT molecular complexity index is 734. The van der Waals surface area contributed by atoms with Gasteiger partial charge in [-0.3, -0.25) is 4.90 Å². The second-order valence-electron chi connectivity index (χ2n) is 9.36. The van der Waals surface area contributed by atoms with Gasteiger partial charge in [0.15, 0.2) is 0 Å². The average Bonchev–Trinajstić information content (AvgIpc) is 3.31. The third kappa shape index (κ3) is 4.87. The number of nitrogens with two attached hydrogens (primary N) is 1. The number of piperidine rings is 1. The number of carbonyl (C=O) groups is 1. The molecule has 3 aliphatic rings. The van der Waals surface area contributed by atoms with Crippen LogP contribution in [0.4, 0.5) is 10.6 Å². The van der Waals surface area contributed by atoms with Crippen LogP contribution in [0.2, 0.25) is 0 Å². The molecule has 4 rings (SSSR count). The molecule has 0 saturated carbocycles. The van der Waals surface area contributed by atoms with Gasteiger partial charge in [-0.2, -0.15) is 0 Å². The quantitative estimate of drug-likeness (QED) is 0.721. The van der Waals surface area contributed by atoms with E-state index in [0.717, 1.165) is 77.2 Å². The molecule has 8 nitrogen and oxygen atoms in total. The normalized spacial score (nSPS) is 24.8. The summed E-state index contributed by atoms with van der Waals surface area (Å²) >= 11 is 0. The Labute approximate surface area is 179 Å². The lowest BCUT2D eigenvalue weighted by Gasteiger charge is -2.37. The number of likely N-dealkylation sites (N-methyl/N-ethyl adjacent to an activating group) is 1. The van der Waals surface area contributed by atoms with Crippen LogP contribution in [0.15, 0.2) is 18.3 Å². The number of aromatic nitrogens is 1. The molecule has 0 bridgehead atoms. The van der Waals surface area contributed by atoms with E-state index in [0.29, 0.717) is 11.9 Å². The number of hydrogen-bond acceptors (Lipinski definition) is 7. The number of amides is 1. The predicted molar refractivity (Wildman–Crippen MR) is 117 cm³/mol. The molecule has 1 atom stereocenters. The van der Waals surface area contributed by atoms with Crippen molar-refractivity contribution >= 4 is 11.9 Å². The predicted octanol–water partition coefficient (Wildman–Crippen LogP) is 1.48. The van der Waals surface area contributed by atoms with Gasteiger partial charge < -0.3 is 25.2 Å². The van der Waals surface area contributed by atoms with Crippen molar-refractivity contribution in [3.05, 3.63) is 23.9 Å². The van der Waals surface area contributed by atoms with Crippen LogP contribution in [-0.4, -0.2) is 102 Å². The van der Waals surface area contributed by atoms with Crippen LogP contribution in [0.1, 0.15) is 31.2 Å². The summed E-state index contributed by atoms with van der Waals surface area (Å²) in [6.07, 6.45) is 5.60. The minimum Gasteiger partial charge on any atom is -0.441 e. The van der Waals surface area contributed by atoms with E-state index in [1.807, 2.05) is 17.0 Å². The number of rotatable bonds is 7. The lowest BCUT2D eigenvalue weighted by molar-refractivity contribution is -0.00120. The summed E-state index contributed by atoms with van der Waals surface area (Å²) in [5.41, 5.74) is 6.74. The van der Waals surface area contributed by atoms with Gasteiger partial charge in [-0.25, -0.2) is 9.78 Å². The number of likely N-dealkylation sites (tertiary alicyclic amines) is 2. The zero-order valence-electron chi connectivity index (χ0n) is 18.4. The SMILES string of the molecule is CN(C)[C@@H]1CCN(CCCN2CC3(CCN(Cc4cccnc4N)CC3)OC2=O)C1. The van der Waals surface area contributed by atoms with E-state index >= 15 is 0 Å². The van der Waals surface area contributed by atoms with Crippen LogP contribution < -0.4 is 5.73 Å². The third-order valence-electron chi connectivity index (χ3n) is 7.01. The van der Waals surface area contributed by atoms with Crippen LogP contribution >= 0.6 is 0 Å². The van der Waals surface area contributed by atoms with Crippen molar-refractivity contribution in [3.63, 3.8) is 0 Å². The van der Waals surface area contributed by atoms with Gasteiger partial charge in [-0.1, -0.05) is 6.07 Å². The lowest BCUT2D eigenvalue weighted by Crippen LogP contribution is -2.46. The van der Waals surface area contributed by atoms with E-state index in [4.69, 9.17) is 10.5 Å². The molecule has 1 spiro atoms. The van der Waals surface area contributed by atoms with E-state index in [-0.39, 0.29) is 11.7 Å². The van der Waals surface area contributed by atoms with Crippen molar-refractivity contribution in [3.8, 4) is 0 Å². The second kappa shape index (κ2) is 9.08. The van der Waals surface area contributed by atoms with Crippen LogP contribution in [0, 0.1) is 0 Å². The maximum Gasteiger partial charge on any atom is 0.410 e. The number of pyridine rings is 1. The summed E-state index contributed by atoms with van der Waals surface area (Å²) < 4.78 is 5.90. The summed E-state index contributed by atoms with van der Waals surface area (Å²) in [5.74, 6) is 0.603. The highest BCUT2D eigenvalue weighted by atomic mass is 16.6. The van der Waals surface area contributed by atoms with Crippen molar-refractivity contribution < 1.29 is 9.53 Å². The summed E-state index contributed by atoms with van der Waals surface area (Å²) in [6.45, 7) is 7.50. The molecule has 166 valence electrons. The monoisotopic (exact) mass is 416 g/mol. The summed E-state index contributed by atoms with van der Waals surface area (Å²) in [5, 5.41) is 0. The molecule has 30 heavy (non-hydrogen) atoms. The first-order valence-corrected chi connectivity index (χ1v) is 11.2. The van der Waals surface area contributed by atoms with Crippen LogP contribution in [0.5, 0.6) is 0 Å². The van der Waals surface area contributed by atoms with E-state index in [1.165, 1.54) is 6.42 Å². The molecule has 0 aliphatic carbocycles. The fraction of sp³-hybridized carbons (Fsp3) is 0.727. The number of ether oxygens (including phenoxy) is 1. The Balaban J connectivity index is 1.21.